The predicted octanol–water partition coefficient (Wildman–Crippen LogP) is 9.03. The van der Waals surface area contributed by atoms with Gasteiger partial charge in [-0.05, 0) is 51.4 Å². The summed E-state index contributed by atoms with van der Waals surface area (Å²) in [5, 5.41) is 0. The van der Waals surface area contributed by atoms with E-state index in [0.717, 1.165) is 0 Å². The van der Waals surface area contributed by atoms with Gasteiger partial charge in [0.2, 0.25) is 0 Å². The molecule has 0 aliphatic carbocycles. The summed E-state index contributed by atoms with van der Waals surface area (Å²) in [5.74, 6) is 0. The van der Waals surface area contributed by atoms with Crippen LogP contribution < -0.4 is 12.4 Å². The molecule has 0 atom stereocenters. The molecule has 0 unspecified atom stereocenters. The average molecular weight is 530 g/mol. The first-order chi connectivity index (χ1) is 17.2. The number of rotatable bonds is 30. The van der Waals surface area contributed by atoms with Crippen molar-refractivity contribution < 1.29 is 16.9 Å². The molecule has 0 radical (unpaired) electrons. The van der Waals surface area contributed by atoms with Gasteiger partial charge in [0.25, 0.3) is 0 Å². The number of unbranched alkanes of at least 4 members (excludes halogenated alkanes) is 22. The first-order valence-corrected chi connectivity index (χ1v) is 17.1. The van der Waals surface area contributed by atoms with Crippen molar-refractivity contribution in [3.8, 4) is 0 Å². The van der Waals surface area contributed by atoms with Gasteiger partial charge in [0.05, 0.1) is 26.2 Å². The van der Waals surface area contributed by atoms with E-state index in [4.69, 9.17) is 0 Å². The molecule has 220 valence electrons. The van der Waals surface area contributed by atoms with E-state index in [0.29, 0.717) is 0 Å². The highest BCUT2D eigenvalue weighted by Gasteiger charge is 2.25. The van der Waals surface area contributed by atoms with Crippen LogP contribution in [0.3, 0.4) is 0 Å². The monoisotopic (exact) mass is 530 g/mol. The third-order valence-corrected chi connectivity index (χ3v) is 8.44. The molecule has 0 saturated heterocycles. The largest absolute Gasteiger partial charge is 1.00 e. The molecule has 0 aliphatic heterocycles. The van der Waals surface area contributed by atoms with E-state index in [2.05, 4.69) is 27.7 Å². The van der Waals surface area contributed by atoms with Gasteiger partial charge in [-0.25, -0.2) is 0 Å². The lowest BCUT2D eigenvalue weighted by Crippen LogP contribution is -3.00. The first-order valence-electron chi connectivity index (χ1n) is 17.1. The van der Waals surface area contributed by atoms with E-state index in [1.165, 1.54) is 198 Å². The summed E-state index contributed by atoms with van der Waals surface area (Å²) in [4.78, 5) is 0. The van der Waals surface area contributed by atoms with Crippen LogP contribution in [0.25, 0.3) is 0 Å². The Morgan fingerprint density at radius 1 is 0.250 bits per heavy atom. The van der Waals surface area contributed by atoms with Crippen LogP contribution in [0, 0.1) is 0 Å². The smallest absolute Gasteiger partial charge is 0.0786 e. The van der Waals surface area contributed by atoms with Gasteiger partial charge in [-0.1, -0.05) is 143 Å². The number of nitrogens with zero attached hydrogens (tertiary/aromatic N) is 1. The zero-order chi connectivity index (χ0) is 25.7. The van der Waals surface area contributed by atoms with Gasteiger partial charge in [0.1, 0.15) is 0 Å². The minimum absolute atomic E-state index is 0. The molecule has 0 N–H and O–H groups in total. The minimum Gasteiger partial charge on any atom is -1.00 e. The van der Waals surface area contributed by atoms with E-state index < -0.39 is 0 Å². The average Bonchev–Trinajstić information content (AvgIpc) is 2.86. The van der Waals surface area contributed by atoms with Crippen molar-refractivity contribution in [2.75, 3.05) is 26.2 Å². The maximum atomic E-state index is 2.37. The van der Waals surface area contributed by atoms with Gasteiger partial charge in [0.15, 0.2) is 0 Å². The molecule has 0 bridgehead atoms. The molecule has 0 aliphatic rings. The van der Waals surface area contributed by atoms with Crippen molar-refractivity contribution in [1.82, 2.24) is 0 Å². The Hall–Kier alpha value is 0.250. The van der Waals surface area contributed by atoms with Crippen LogP contribution >= 0.6 is 0 Å². The van der Waals surface area contributed by atoms with Gasteiger partial charge in [-0.3, -0.25) is 0 Å². The SMILES string of the molecule is CCCCCCCCCCCC[N+](CCCCC)(CCCCC)CCCCCCCCCCCC.[Cl-]. The predicted molar refractivity (Wildman–Crippen MR) is 162 cm³/mol. The van der Waals surface area contributed by atoms with Crippen molar-refractivity contribution in [3.05, 3.63) is 0 Å². The van der Waals surface area contributed by atoms with Crippen LogP contribution in [0.5, 0.6) is 0 Å². The lowest BCUT2D eigenvalue weighted by Gasteiger charge is -2.39. The van der Waals surface area contributed by atoms with E-state index in [-0.39, 0.29) is 12.4 Å². The normalized spacial score (nSPS) is 11.7. The fourth-order valence-corrected chi connectivity index (χ4v) is 5.93. The maximum absolute atomic E-state index is 2.37. The number of quaternary nitrogens is 1. The highest BCUT2D eigenvalue weighted by molar-refractivity contribution is 4.54. The third-order valence-electron chi connectivity index (χ3n) is 8.44. The van der Waals surface area contributed by atoms with Crippen molar-refractivity contribution in [3.63, 3.8) is 0 Å². The lowest BCUT2D eigenvalue weighted by atomic mass is 10.0. The zero-order valence-electron chi connectivity index (χ0n) is 26.0. The van der Waals surface area contributed by atoms with Gasteiger partial charge in [-0.2, -0.15) is 0 Å². The Labute approximate surface area is 237 Å². The molecule has 0 heterocycles. The maximum Gasteiger partial charge on any atom is 0.0786 e. The van der Waals surface area contributed by atoms with E-state index in [1.54, 1.807) is 0 Å². The van der Waals surface area contributed by atoms with Crippen LogP contribution in [0.1, 0.15) is 195 Å². The first kappa shape index (κ1) is 38.4. The van der Waals surface area contributed by atoms with E-state index >= 15 is 0 Å². The molecule has 0 aromatic carbocycles. The highest BCUT2D eigenvalue weighted by atomic mass is 35.5. The van der Waals surface area contributed by atoms with Gasteiger partial charge in [0, 0.05) is 0 Å². The molecule has 0 aromatic heterocycles. The molecule has 0 rings (SSSR count). The standard InChI is InChI=1S/C34H72N.ClH/c1-5-9-13-15-17-19-21-23-25-29-33-35(31-27-11-7-3,32-28-12-8-4)34-30-26-24-22-20-18-16-14-10-6-2;/h5-34H2,1-4H3;1H/q+1;/p-1. The summed E-state index contributed by atoms with van der Waals surface area (Å²) in [7, 11) is 0. The fraction of sp³-hybridized carbons (Fsp3) is 1.00. The Morgan fingerprint density at radius 2 is 0.417 bits per heavy atom. The summed E-state index contributed by atoms with van der Waals surface area (Å²) < 4.78 is 1.47. The summed E-state index contributed by atoms with van der Waals surface area (Å²) in [6.45, 7) is 15.3. The van der Waals surface area contributed by atoms with Crippen molar-refractivity contribution >= 4 is 0 Å². The van der Waals surface area contributed by atoms with Crippen LogP contribution in [-0.2, 0) is 0 Å². The minimum atomic E-state index is 0. The highest BCUT2D eigenvalue weighted by Crippen LogP contribution is 2.20. The van der Waals surface area contributed by atoms with Gasteiger partial charge in [-0.15, -0.1) is 0 Å². The van der Waals surface area contributed by atoms with Crippen LogP contribution in [-0.4, -0.2) is 30.7 Å². The quantitative estimate of drug-likeness (QED) is 0.0642. The summed E-state index contributed by atoms with van der Waals surface area (Å²) in [5.41, 5.74) is 0. The van der Waals surface area contributed by atoms with E-state index in [9.17, 15) is 0 Å². The molecule has 36 heavy (non-hydrogen) atoms. The summed E-state index contributed by atoms with van der Waals surface area (Å²) in [6, 6.07) is 0. The molecule has 0 amide bonds. The second kappa shape index (κ2) is 31.5. The lowest BCUT2D eigenvalue weighted by molar-refractivity contribution is -0.929. The number of hydrogen-bond donors (Lipinski definition) is 0. The topological polar surface area (TPSA) is 0 Å². The molecule has 2 heteroatoms. The Kier molecular flexibility index (Phi) is 33.6. The van der Waals surface area contributed by atoms with Crippen molar-refractivity contribution in [1.29, 1.82) is 0 Å². The Morgan fingerprint density at radius 3 is 0.667 bits per heavy atom. The molecule has 0 fully saturated rings. The Balaban J connectivity index is 0. The zero-order valence-corrected chi connectivity index (χ0v) is 26.8. The summed E-state index contributed by atoms with van der Waals surface area (Å²) in [6.07, 6.45) is 37.8. The third kappa shape index (κ3) is 25.9. The van der Waals surface area contributed by atoms with Crippen molar-refractivity contribution in [2.24, 2.45) is 0 Å². The molecular weight excluding hydrogens is 458 g/mol. The molecular formula is C34H72ClN. The molecule has 0 aromatic rings. The van der Waals surface area contributed by atoms with Crippen molar-refractivity contribution in [2.45, 2.75) is 195 Å². The van der Waals surface area contributed by atoms with Crippen LogP contribution in [0.2, 0.25) is 0 Å². The molecule has 0 spiro atoms. The van der Waals surface area contributed by atoms with E-state index in [1.807, 2.05) is 0 Å². The molecule has 1 nitrogen and oxygen atoms in total. The Bertz CT molecular complexity index is 347. The van der Waals surface area contributed by atoms with Crippen LogP contribution in [0.15, 0.2) is 0 Å². The summed E-state index contributed by atoms with van der Waals surface area (Å²) >= 11 is 0. The van der Waals surface area contributed by atoms with Gasteiger partial charge >= 0.3 is 0 Å². The number of halogens is 1. The fourth-order valence-electron chi connectivity index (χ4n) is 5.93. The number of hydrogen-bond acceptors (Lipinski definition) is 0. The second-order valence-corrected chi connectivity index (χ2v) is 12.0. The van der Waals surface area contributed by atoms with Crippen LogP contribution in [0.4, 0.5) is 0 Å². The molecule has 0 saturated carbocycles. The van der Waals surface area contributed by atoms with Gasteiger partial charge < -0.3 is 16.9 Å². The second-order valence-electron chi connectivity index (χ2n) is 12.0.